The van der Waals surface area contributed by atoms with E-state index in [0.29, 0.717) is 16.4 Å². The van der Waals surface area contributed by atoms with E-state index < -0.39 is 15.9 Å². The van der Waals surface area contributed by atoms with Crippen LogP contribution in [0.2, 0.25) is 5.02 Å². The Morgan fingerprint density at radius 1 is 0.919 bits per heavy atom. The molecule has 6 nitrogen and oxygen atoms in total. The smallest absolute Gasteiger partial charge is 0.339 e. The lowest BCUT2D eigenvalue weighted by Gasteiger charge is -2.05. The number of benzene rings is 3. The van der Waals surface area contributed by atoms with Crippen molar-refractivity contribution in [3.8, 4) is 22.7 Å². The van der Waals surface area contributed by atoms with Crippen molar-refractivity contribution in [1.82, 2.24) is 9.78 Å². The minimum Gasteiger partial charge on any atom is -0.370 e. The summed E-state index contributed by atoms with van der Waals surface area (Å²) >= 11 is 6.02. The van der Waals surface area contributed by atoms with Crippen LogP contribution in [0.1, 0.15) is 5.56 Å². The van der Waals surface area contributed by atoms with E-state index >= 15 is 0 Å². The number of halogens is 2. The Hall–Kier alpha value is -4.45. The number of hydrogen-bond acceptors (Lipinski definition) is 5. The molecule has 0 aliphatic rings. The fourth-order valence-electron chi connectivity index (χ4n) is 3.39. The van der Waals surface area contributed by atoms with E-state index in [9.17, 15) is 12.8 Å². The van der Waals surface area contributed by atoms with Crippen molar-refractivity contribution in [2.45, 2.75) is 4.90 Å². The molecule has 0 amide bonds. The van der Waals surface area contributed by atoms with E-state index in [1.807, 2.05) is 48.5 Å². The number of aliphatic imine (C=N–C) groups is 1. The van der Waals surface area contributed by atoms with Crippen molar-refractivity contribution in [2.75, 3.05) is 0 Å². The van der Waals surface area contributed by atoms with Gasteiger partial charge in [0.2, 0.25) is 0 Å². The molecule has 0 saturated heterocycles. The highest BCUT2D eigenvalue weighted by molar-refractivity contribution is 7.87. The maximum atomic E-state index is 13.1. The SMILES string of the molecule is O=S(=O)(Oc1c#cc(C=Nc2cc(-c3ccc(Cl)cc3)nn2-c2ccccc2)cc1)c1ccc(F)cc1. The summed E-state index contributed by atoms with van der Waals surface area (Å²) in [7, 11) is -4.13. The van der Waals surface area contributed by atoms with Crippen LogP contribution in [0.5, 0.6) is 5.75 Å². The summed E-state index contributed by atoms with van der Waals surface area (Å²) in [5.74, 6) is -0.0269. The van der Waals surface area contributed by atoms with E-state index in [2.05, 4.69) is 17.1 Å². The monoisotopic (exact) mass is 529 g/mol. The Bertz CT molecular complexity index is 1650. The van der Waals surface area contributed by atoms with Crippen molar-refractivity contribution in [1.29, 1.82) is 0 Å². The highest BCUT2D eigenvalue weighted by Crippen LogP contribution is 2.27. The molecule has 182 valence electrons. The minimum atomic E-state index is -4.13. The first-order chi connectivity index (χ1) is 17.9. The summed E-state index contributed by atoms with van der Waals surface area (Å²) in [4.78, 5) is 4.41. The van der Waals surface area contributed by atoms with Gasteiger partial charge in [-0.2, -0.15) is 13.5 Å². The number of para-hydroxylation sites is 1. The van der Waals surface area contributed by atoms with Gasteiger partial charge in [0.05, 0.1) is 11.4 Å². The third-order valence-corrected chi connectivity index (χ3v) is 6.71. The molecule has 37 heavy (non-hydrogen) atoms. The van der Waals surface area contributed by atoms with Crippen LogP contribution in [0.25, 0.3) is 16.9 Å². The highest BCUT2D eigenvalue weighted by Gasteiger charge is 2.16. The zero-order valence-electron chi connectivity index (χ0n) is 19.0. The summed E-state index contributed by atoms with van der Waals surface area (Å²) in [6.07, 6.45) is 1.57. The molecule has 0 atom stereocenters. The molecule has 0 unspecified atom stereocenters. The largest absolute Gasteiger partial charge is 0.370 e. The molecular formula is C28H17ClFN3O3S. The molecule has 0 N–H and O–H groups in total. The average molecular weight is 530 g/mol. The Balaban J connectivity index is 1.39. The Kier molecular flexibility index (Phi) is 6.73. The van der Waals surface area contributed by atoms with Gasteiger partial charge in [-0.1, -0.05) is 48.0 Å². The van der Waals surface area contributed by atoms with Crippen molar-refractivity contribution in [3.05, 3.63) is 126 Å². The molecule has 5 aromatic rings. The summed E-state index contributed by atoms with van der Waals surface area (Å²) in [6, 6.07) is 31.7. The van der Waals surface area contributed by atoms with Crippen LogP contribution in [-0.2, 0) is 10.1 Å². The van der Waals surface area contributed by atoms with Gasteiger partial charge in [0, 0.05) is 28.4 Å². The second-order valence-electron chi connectivity index (χ2n) is 7.79. The Morgan fingerprint density at radius 2 is 1.65 bits per heavy atom. The minimum absolute atomic E-state index is 0.0548. The van der Waals surface area contributed by atoms with Crippen molar-refractivity contribution >= 4 is 33.8 Å². The van der Waals surface area contributed by atoms with Gasteiger partial charge in [-0.25, -0.2) is 14.1 Å². The van der Waals surface area contributed by atoms with E-state index in [1.54, 1.807) is 29.1 Å². The van der Waals surface area contributed by atoms with Crippen LogP contribution in [0.4, 0.5) is 10.2 Å². The molecule has 9 heteroatoms. The van der Waals surface area contributed by atoms with Gasteiger partial charge < -0.3 is 4.18 Å². The Morgan fingerprint density at radius 3 is 2.32 bits per heavy atom. The standard InChI is InChI=1S/C28H17ClFN3O3S/c29-22-10-8-21(9-11-22)27-18-28(33(32-27)24-4-2-1-3-5-24)31-19-20-6-14-25(15-7-20)36-37(34,35)26-16-12-23(30)13-17-26/h1-6,8-14,16-19H. The van der Waals surface area contributed by atoms with Gasteiger partial charge in [-0.15, -0.1) is 0 Å². The van der Waals surface area contributed by atoms with Crippen molar-refractivity contribution in [2.24, 2.45) is 4.99 Å². The van der Waals surface area contributed by atoms with Gasteiger partial charge in [0.1, 0.15) is 10.7 Å². The van der Waals surface area contributed by atoms with E-state index in [-0.39, 0.29) is 10.6 Å². The molecule has 0 fully saturated rings. The maximum absolute atomic E-state index is 13.1. The van der Waals surface area contributed by atoms with E-state index in [4.69, 9.17) is 20.9 Å². The number of hydrogen-bond donors (Lipinski definition) is 0. The summed E-state index contributed by atoms with van der Waals surface area (Å²) in [5.41, 5.74) is 2.98. The number of nitrogens with zero attached hydrogens (tertiary/aromatic N) is 3. The van der Waals surface area contributed by atoms with E-state index in [0.717, 1.165) is 41.2 Å². The number of rotatable bonds is 7. The summed E-state index contributed by atoms with van der Waals surface area (Å²) in [5, 5.41) is 5.35. The highest BCUT2D eigenvalue weighted by atomic mass is 35.5. The molecule has 1 aromatic heterocycles. The molecule has 0 saturated carbocycles. The zero-order chi connectivity index (χ0) is 25.8. The molecule has 5 rings (SSSR count). The number of aromatic nitrogens is 2. The van der Waals surface area contributed by atoms with Gasteiger partial charge in [-0.3, -0.25) is 0 Å². The molecule has 0 aliphatic carbocycles. The fourth-order valence-corrected chi connectivity index (χ4v) is 4.42. The second-order valence-corrected chi connectivity index (χ2v) is 9.78. The predicted molar refractivity (Wildman–Crippen MR) is 140 cm³/mol. The first kappa shape index (κ1) is 24.3. The molecule has 0 bridgehead atoms. The predicted octanol–water partition coefficient (Wildman–Crippen LogP) is 6.45. The molecule has 0 radical (unpaired) electrons. The van der Waals surface area contributed by atoms with Crippen LogP contribution in [0, 0.1) is 17.9 Å². The zero-order valence-corrected chi connectivity index (χ0v) is 20.6. The molecule has 0 spiro atoms. The van der Waals surface area contributed by atoms with E-state index in [1.165, 1.54) is 6.07 Å². The average Bonchev–Trinajstić information content (AvgIpc) is 3.33. The first-order valence-electron chi connectivity index (χ1n) is 11.0. The molecule has 0 aliphatic heterocycles. The van der Waals surface area contributed by atoms with Crippen LogP contribution in [0.15, 0.2) is 107 Å². The van der Waals surface area contributed by atoms with Crippen LogP contribution < -0.4 is 4.18 Å². The Labute approximate surface area is 218 Å². The third-order valence-electron chi connectivity index (χ3n) is 5.21. The van der Waals surface area contributed by atoms with Crippen LogP contribution in [-0.4, -0.2) is 24.4 Å². The van der Waals surface area contributed by atoms with Crippen molar-refractivity contribution < 1.29 is 17.0 Å². The van der Waals surface area contributed by atoms with Crippen molar-refractivity contribution in [3.63, 3.8) is 0 Å². The summed E-state index contributed by atoms with van der Waals surface area (Å²) in [6.45, 7) is 0. The van der Waals surface area contributed by atoms with Crippen LogP contribution >= 0.6 is 11.6 Å². The normalized spacial score (nSPS) is 11.4. The van der Waals surface area contributed by atoms with Crippen LogP contribution in [0.3, 0.4) is 0 Å². The quantitative estimate of drug-likeness (QED) is 0.179. The third kappa shape index (κ3) is 5.70. The maximum Gasteiger partial charge on any atom is 0.339 e. The van der Waals surface area contributed by atoms with Gasteiger partial charge >= 0.3 is 10.1 Å². The first-order valence-corrected chi connectivity index (χ1v) is 12.8. The molecular weight excluding hydrogens is 513 g/mol. The lowest BCUT2D eigenvalue weighted by Crippen LogP contribution is -2.09. The lowest BCUT2D eigenvalue weighted by atomic mass is 10.1. The molecule has 1 heterocycles. The van der Waals surface area contributed by atoms with Gasteiger partial charge in [0.15, 0.2) is 11.6 Å². The fraction of sp³-hybridized carbons (Fsp3) is 0. The lowest BCUT2D eigenvalue weighted by molar-refractivity contribution is 0.486. The second kappa shape index (κ2) is 10.3. The van der Waals surface area contributed by atoms with Gasteiger partial charge in [0.25, 0.3) is 0 Å². The molecule has 4 aromatic carbocycles. The topological polar surface area (TPSA) is 73.6 Å². The summed E-state index contributed by atoms with van der Waals surface area (Å²) < 4.78 is 44.7. The van der Waals surface area contributed by atoms with Gasteiger partial charge in [-0.05, 0) is 66.7 Å².